The average molecular weight is 326 g/mol. The third-order valence-electron chi connectivity index (χ3n) is 3.65. The minimum atomic E-state index is -3.33. The van der Waals surface area contributed by atoms with Crippen LogP contribution < -0.4 is 5.73 Å². The van der Waals surface area contributed by atoms with Gasteiger partial charge in [0.2, 0.25) is 10.0 Å². The second-order valence-corrected chi connectivity index (χ2v) is 7.99. The summed E-state index contributed by atoms with van der Waals surface area (Å²) in [4.78, 5) is 0.241. The summed E-state index contributed by atoms with van der Waals surface area (Å²) in [5, 5.41) is 0. The summed E-state index contributed by atoms with van der Waals surface area (Å²) in [6.07, 6.45) is 3.10. The molecule has 0 bridgehead atoms. The maximum Gasteiger partial charge on any atom is 0.218 e. The minimum absolute atomic E-state index is 0.0345. The van der Waals surface area contributed by atoms with Crippen LogP contribution in [-0.4, -0.2) is 30.8 Å². The van der Waals surface area contributed by atoms with Gasteiger partial charge in [-0.1, -0.05) is 43.4 Å². The fourth-order valence-electron chi connectivity index (χ4n) is 2.36. The number of sulfonamides is 1. The molecule has 116 valence electrons. The molecular weight excluding hydrogens is 304 g/mol. The predicted molar refractivity (Wildman–Crippen MR) is 89.5 cm³/mol. The molecule has 6 heteroatoms. The first-order chi connectivity index (χ1) is 9.94. The summed E-state index contributed by atoms with van der Waals surface area (Å²) in [7, 11) is -3.33. The topological polar surface area (TPSA) is 63.4 Å². The van der Waals surface area contributed by atoms with Crippen LogP contribution in [0.25, 0.3) is 0 Å². The number of thiocarbonyl (C=S) groups is 1. The van der Waals surface area contributed by atoms with E-state index in [0.29, 0.717) is 30.1 Å². The van der Waals surface area contributed by atoms with Crippen LogP contribution >= 0.6 is 12.2 Å². The van der Waals surface area contributed by atoms with E-state index in [1.807, 2.05) is 19.1 Å². The molecule has 0 amide bonds. The van der Waals surface area contributed by atoms with Crippen molar-refractivity contribution in [2.75, 3.05) is 13.1 Å². The molecule has 0 atom stereocenters. The Morgan fingerprint density at radius 1 is 1.38 bits per heavy atom. The van der Waals surface area contributed by atoms with Gasteiger partial charge in [-0.2, -0.15) is 0 Å². The monoisotopic (exact) mass is 326 g/mol. The van der Waals surface area contributed by atoms with Crippen molar-refractivity contribution < 1.29 is 8.42 Å². The van der Waals surface area contributed by atoms with Crippen LogP contribution in [0.2, 0.25) is 0 Å². The van der Waals surface area contributed by atoms with Crippen molar-refractivity contribution in [3.63, 3.8) is 0 Å². The van der Waals surface area contributed by atoms with Gasteiger partial charge in [-0.05, 0) is 30.7 Å². The molecule has 1 aromatic rings. The lowest BCUT2D eigenvalue weighted by molar-refractivity contribution is 0.395. The summed E-state index contributed by atoms with van der Waals surface area (Å²) in [5.41, 5.74) is 7.02. The van der Waals surface area contributed by atoms with E-state index >= 15 is 0 Å². The molecular formula is C15H22N2O2S2. The Balaban J connectivity index is 2.20. The van der Waals surface area contributed by atoms with Gasteiger partial charge in [0.1, 0.15) is 4.99 Å². The SMILES string of the molecule is CCCN(CC1CC1)S(=O)(=O)Cc1ccccc1C(N)=S. The molecule has 1 fully saturated rings. The maximum absolute atomic E-state index is 12.7. The Morgan fingerprint density at radius 3 is 2.62 bits per heavy atom. The van der Waals surface area contributed by atoms with Crippen LogP contribution in [-0.2, 0) is 15.8 Å². The molecule has 21 heavy (non-hydrogen) atoms. The minimum Gasteiger partial charge on any atom is -0.389 e. The van der Waals surface area contributed by atoms with E-state index in [1.165, 1.54) is 0 Å². The van der Waals surface area contributed by atoms with Crippen molar-refractivity contribution in [2.24, 2.45) is 11.7 Å². The molecule has 0 aromatic heterocycles. The molecule has 1 aromatic carbocycles. The van der Waals surface area contributed by atoms with Crippen molar-refractivity contribution in [3.8, 4) is 0 Å². The fraction of sp³-hybridized carbons (Fsp3) is 0.533. The fourth-order valence-corrected chi connectivity index (χ4v) is 4.28. The third kappa shape index (κ3) is 4.49. The Morgan fingerprint density at radius 2 is 2.05 bits per heavy atom. The van der Waals surface area contributed by atoms with Crippen molar-refractivity contribution in [1.82, 2.24) is 4.31 Å². The van der Waals surface area contributed by atoms with Crippen LogP contribution in [0.3, 0.4) is 0 Å². The van der Waals surface area contributed by atoms with Crippen LogP contribution in [0.1, 0.15) is 37.3 Å². The zero-order valence-electron chi connectivity index (χ0n) is 12.3. The molecule has 2 rings (SSSR count). The second kappa shape index (κ2) is 6.85. The van der Waals surface area contributed by atoms with Gasteiger partial charge < -0.3 is 5.73 Å². The van der Waals surface area contributed by atoms with Gasteiger partial charge in [0.15, 0.2) is 0 Å². The van der Waals surface area contributed by atoms with Gasteiger partial charge >= 0.3 is 0 Å². The van der Waals surface area contributed by atoms with Gasteiger partial charge in [0, 0.05) is 18.7 Å². The van der Waals surface area contributed by atoms with Crippen molar-refractivity contribution in [2.45, 2.75) is 31.9 Å². The summed E-state index contributed by atoms with van der Waals surface area (Å²) >= 11 is 5.00. The van der Waals surface area contributed by atoms with E-state index in [0.717, 1.165) is 19.3 Å². The Kier molecular flexibility index (Phi) is 5.35. The van der Waals surface area contributed by atoms with Crippen molar-refractivity contribution >= 4 is 27.2 Å². The Hall–Kier alpha value is -0.980. The first kappa shape index (κ1) is 16.4. The number of hydrogen-bond acceptors (Lipinski definition) is 3. The van der Waals surface area contributed by atoms with Gasteiger partial charge in [-0.15, -0.1) is 0 Å². The molecule has 0 heterocycles. The normalized spacial score (nSPS) is 15.3. The van der Waals surface area contributed by atoms with Crippen LogP contribution in [0.15, 0.2) is 24.3 Å². The number of benzene rings is 1. The lowest BCUT2D eigenvalue weighted by Crippen LogP contribution is -2.35. The van der Waals surface area contributed by atoms with Crippen LogP contribution in [0.5, 0.6) is 0 Å². The van der Waals surface area contributed by atoms with E-state index in [1.54, 1.807) is 16.4 Å². The molecule has 1 saturated carbocycles. The van der Waals surface area contributed by atoms with Crippen LogP contribution in [0, 0.1) is 5.92 Å². The highest BCUT2D eigenvalue weighted by Crippen LogP contribution is 2.31. The molecule has 0 spiro atoms. The van der Waals surface area contributed by atoms with Gasteiger partial charge in [-0.25, -0.2) is 12.7 Å². The summed E-state index contributed by atoms with van der Waals surface area (Å²) in [6.45, 7) is 3.22. The second-order valence-electron chi connectivity index (χ2n) is 5.58. The highest BCUT2D eigenvalue weighted by Gasteiger charge is 2.30. The van der Waals surface area contributed by atoms with E-state index in [-0.39, 0.29) is 10.7 Å². The molecule has 0 aliphatic heterocycles. The Bertz CT molecular complexity index is 610. The first-order valence-corrected chi connectivity index (χ1v) is 9.31. The van der Waals surface area contributed by atoms with Crippen molar-refractivity contribution in [3.05, 3.63) is 35.4 Å². The lowest BCUT2D eigenvalue weighted by atomic mass is 10.1. The largest absolute Gasteiger partial charge is 0.389 e. The van der Waals surface area contributed by atoms with Gasteiger partial charge in [-0.3, -0.25) is 0 Å². The highest BCUT2D eigenvalue weighted by atomic mass is 32.2. The number of nitrogens with zero attached hydrogens (tertiary/aromatic N) is 1. The molecule has 1 aliphatic carbocycles. The van der Waals surface area contributed by atoms with E-state index in [4.69, 9.17) is 18.0 Å². The molecule has 0 unspecified atom stereocenters. The molecule has 2 N–H and O–H groups in total. The van der Waals surface area contributed by atoms with E-state index < -0.39 is 10.0 Å². The maximum atomic E-state index is 12.7. The smallest absolute Gasteiger partial charge is 0.218 e. The zero-order valence-corrected chi connectivity index (χ0v) is 13.9. The number of nitrogens with two attached hydrogens (primary N) is 1. The Labute approximate surface area is 132 Å². The third-order valence-corrected chi connectivity index (χ3v) is 5.66. The average Bonchev–Trinajstić information content (AvgIpc) is 3.22. The quantitative estimate of drug-likeness (QED) is 0.744. The van der Waals surface area contributed by atoms with Crippen molar-refractivity contribution in [1.29, 1.82) is 0 Å². The summed E-state index contributed by atoms with van der Waals surface area (Å²) in [5.74, 6) is 0.505. The summed E-state index contributed by atoms with van der Waals surface area (Å²) in [6, 6.07) is 7.20. The molecule has 0 radical (unpaired) electrons. The predicted octanol–water partition coefficient (Wildman–Crippen LogP) is 2.27. The molecule has 4 nitrogen and oxygen atoms in total. The lowest BCUT2D eigenvalue weighted by Gasteiger charge is -2.22. The summed E-state index contributed by atoms with van der Waals surface area (Å²) < 4.78 is 27.0. The standard InChI is InChI=1S/C15H22N2O2S2/c1-2-9-17(10-12-7-8-12)21(18,19)11-13-5-3-4-6-14(13)15(16)20/h3-6,12H,2,7-11H2,1H3,(H2,16,20). The van der Waals surface area contributed by atoms with Gasteiger partial charge in [0.05, 0.1) is 5.75 Å². The highest BCUT2D eigenvalue weighted by molar-refractivity contribution is 7.88. The molecule has 1 aliphatic rings. The number of hydrogen-bond donors (Lipinski definition) is 1. The first-order valence-electron chi connectivity index (χ1n) is 7.29. The van der Waals surface area contributed by atoms with Crippen LogP contribution in [0.4, 0.5) is 0 Å². The number of rotatable bonds is 8. The van der Waals surface area contributed by atoms with E-state index in [2.05, 4.69) is 0 Å². The molecule has 0 saturated heterocycles. The van der Waals surface area contributed by atoms with Gasteiger partial charge in [0.25, 0.3) is 0 Å². The zero-order chi connectivity index (χ0) is 15.5. The van der Waals surface area contributed by atoms with E-state index in [9.17, 15) is 8.42 Å².